The molecule has 132 valence electrons. The van der Waals surface area contributed by atoms with Crippen molar-refractivity contribution < 1.29 is 14.4 Å². The van der Waals surface area contributed by atoms with Gasteiger partial charge in [-0.25, -0.2) is 0 Å². The Labute approximate surface area is 150 Å². The van der Waals surface area contributed by atoms with Gasteiger partial charge in [-0.15, -0.1) is 11.3 Å². The molecule has 25 heavy (non-hydrogen) atoms. The van der Waals surface area contributed by atoms with Crippen LogP contribution in [0.2, 0.25) is 0 Å². The number of hydrogen-bond donors (Lipinski definition) is 0. The predicted octanol–water partition coefficient (Wildman–Crippen LogP) is 1.41. The third kappa shape index (κ3) is 3.02. The lowest BCUT2D eigenvalue weighted by Gasteiger charge is -2.36. The Kier molecular flexibility index (Phi) is 4.43. The van der Waals surface area contributed by atoms with Crippen molar-refractivity contribution in [3.8, 4) is 0 Å². The number of nitrogens with zero attached hydrogens (tertiary/aromatic N) is 3. The molecule has 0 bridgehead atoms. The Morgan fingerprint density at radius 2 is 1.68 bits per heavy atom. The third-order valence-corrected chi connectivity index (χ3v) is 6.19. The van der Waals surface area contributed by atoms with E-state index in [9.17, 15) is 14.4 Å². The quantitative estimate of drug-likeness (QED) is 0.605. The Hall–Kier alpha value is -1.99. The van der Waals surface area contributed by atoms with Crippen molar-refractivity contribution in [2.75, 3.05) is 32.8 Å². The fourth-order valence-corrected chi connectivity index (χ4v) is 4.55. The van der Waals surface area contributed by atoms with Crippen LogP contribution in [0.25, 0.3) is 0 Å². The summed E-state index contributed by atoms with van der Waals surface area (Å²) in [6.45, 7) is 2.97. The van der Waals surface area contributed by atoms with Gasteiger partial charge in [-0.3, -0.25) is 24.2 Å². The van der Waals surface area contributed by atoms with Gasteiger partial charge in [0.25, 0.3) is 5.91 Å². The molecule has 2 fully saturated rings. The summed E-state index contributed by atoms with van der Waals surface area (Å²) in [5, 5.41) is 1.91. The first kappa shape index (κ1) is 16.5. The van der Waals surface area contributed by atoms with E-state index in [1.54, 1.807) is 0 Å². The van der Waals surface area contributed by atoms with E-state index in [1.807, 2.05) is 34.6 Å². The Morgan fingerprint density at radius 3 is 2.24 bits per heavy atom. The maximum absolute atomic E-state index is 12.5. The van der Waals surface area contributed by atoms with Crippen molar-refractivity contribution in [3.63, 3.8) is 0 Å². The standard InChI is InChI=1S/C18H21N3O3S/c22-16-13-4-1-2-5-14(13)17(23)21(16)12-19-7-9-20(10-8-19)18(24)15-6-3-11-25-15/h1-3,6,11,13-14H,4-5,7-10,12H2/t13-,14-/m0/s1. The van der Waals surface area contributed by atoms with Crippen LogP contribution in [0.5, 0.6) is 0 Å². The molecule has 0 unspecified atom stereocenters. The fraction of sp³-hybridized carbons (Fsp3) is 0.500. The van der Waals surface area contributed by atoms with Crippen LogP contribution in [-0.2, 0) is 9.59 Å². The molecule has 0 spiro atoms. The largest absolute Gasteiger partial charge is 0.335 e. The Balaban J connectivity index is 1.34. The normalized spacial score (nSPS) is 27.0. The average molecular weight is 359 g/mol. The highest BCUT2D eigenvalue weighted by atomic mass is 32.1. The van der Waals surface area contributed by atoms with Gasteiger partial charge in [0.2, 0.25) is 11.8 Å². The first-order valence-corrected chi connectivity index (χ1v) is 9.58. The Bertz CT molecular complexity index is 681. The first-order chi connectivity index (χ1) is 12.1. The Morgan fingerprint density at radius 1 is 1.04 bits per heavy atom. The number of carbonyl (C=O) groups is 3. The van der Waals surface area contributed by atoms with Crippen LogP contribution in [0, 0.1) is 11.8 Å². The van der Waals surface area contributed by atoms with E-state index in [0.717, 1.165) is 4.88 Å². The number of likely N-dealkylation sites (tertiary alicyclic amines) is 1. The molecule has 7 heteroatoms. The lowest BCUT2D eigenvalue weighted by molar-refractivity contribution is -0.142. The lowest BCUT2D eigenvalue weighted by atomic mass is 9.85. The minimum absolute atomic E-state index is 0.0311. The summed E-state index contributed by atoms with van der Waals surface area (Å²) in [6, 6.07) is 3.73. The number of hydrogen-bond acceptors (Lipinski definition) is 5. The molecular weight excluding hydrogens is 338 g/mol. The maximum atomic E-state index is 12.5. The zero-order chi connectivity index (χ0) is 17.4. The van der Waals surface area contributed by atoms with Crippen molar-refractivity contribution in [1.29, 1.82) is 0 Å². The minimum atomic E-state index is -0.167. The van der Waals surface area contributed by atoms with Gasteiger partial charge in [0.05, 0.1) is 23.4 Å². The van der Waals surface area contributed by atoms with Gasteiger partial charge >= 0.3 is 0 Å². The predicted molar refractivity (Wildman–Crippen MR) is 93.9 cm³/mol. The molecule has 4 rings (SSSR count). The second-order valence-corrected chi connectivity index (χ2v) is 7.74. The van der Waals surface area contributed by atoms with E-state index < -0.39 is 0 Å². The number of thiophene rings is 1. The van der Waals surface area contributed by atoms with E-state index in [0.29, 0.717) is 45.7 Å². The van der Waals surface area contributed by atoms with Gasteiger partial charge in [-0.05, 0) is 24.3 Å². The van der Waals surface area contributed by atoms with E-state index in [4.69, 9.17) is 0 Å². The number of carbonyl (C=O) groups excluding carboxylic acids is 3. The molecule has 3 aliphatic rings. The van der Waals surface area contributed by atoms with Crippen molar-refractivity contribution >= 4 is 29.1 Å². The van der Waals surface area contributed by atoms with E-state index in [1.165, 1.54) is 16.2 Å². The van der Waals surface area contributed by atoms with Crippen LogP contribution in [0.15, 0.2) is 29.7 Å². The summed E-state index contributed by atoms with van der Waals surface area (Å²) in [6.07, 6.45) is 5.36. The van der Waals surface area contributed by atoms with Crippen molar-refractivity contribution in [1.82, 2.24) is 14.7 Å². The molecule has 1 aromatic heterocycles. The van der Waals surface area contributed by atoms with Crippen molar-refractivity contribution in [3.05, 3.63) is 34.5 Å². The zero-order valence-electron chi connectivity index (χ0n) is 14.0. The van der Waals surface area contributed by atoms with Crippen LogP contribution >= 0.6 is 11.3 Å². The van der Waals surface area contributed by atoms with Gasteiger partial charge in [0.1, 0.15) is 0 Å². The highest BCUT2D eigenvalue weighted by Gasteiger charge is 2.47. The van der Waals surface area contributed by atoms with Crippen LogP contribution < -0.4 is 0 Å². The molecule has 1 aliphatic carbocycles. The summed E-state index contributed by atoms with van der Waals surface area (Å²) in [5.41, 5.74) is 0. The third-order valence-electron chi connectivity index (χ3n) is 5.33. The number of amides is 3. The van der Waals surface area contributed by atoms with Crippen LogP contribution in [0.4, 0.5) is 0 Å². The maximum Gasteiger partial charge on any atom is 0.264 e. The SMILES string of the molecule is O=C(c1cccs1)N1CCN(CN2C(=O)[C@H]3CC=CC[C@@H]3C2=O)CC1. The zero-order valence-corrected chi connectivity index (χ0v) is 14.8. The smallest absolute Gasteiger partial charge is 0.264 e. The molecule has 0 N–H and O–H groups in total. The van der Waals surface area contributed by atoms with Crippen LogP contribution in [0.3, 0.4) is 0 Å². The van der Waals surface area contributed by atoms with E-state index in [-0.39, 0.29) is 29.6 Å². The summed E-state index contributed by atoms with van der Waals surface area (Å²) >= 11 is 1.46. The lowest BCUT2D eigenvalue weighted by Crippen LogP contribution is -2.52. The van der Waals surface area contributed by atoms with E-state index >= 15 is 0 Å². The number of fused-ring (bicyclic) bond motifs is 1. The summed E-state index contributed by atoms with van der Waals surface area (Å²) in [7, 11) is 0. The van der Waals surface area contributed by atoms with Gasteiger partial charge in [-0.1, -0.05) is 18.2 Å². The summed E-state index contributed by atoms with van der Waals surface area (Å²) < 4.78 is 0. The molecule has 0 aromatic carbocycles. The number of piperazine rings is 1. The topological polar surface area (TPSA) is 60.9 Å². The molecular formula is C18H21N3O3S. The molecule has 3 amide bonds. The van der Waals surface area contributed by atoms with E-state index in [2.05, 4.69) is 4.90 Å². The summed E-state index contributed by atoms with van der Waals surface area (Å²) in [5.74, 6) is -0.327. The van der Waals surface area contributed by atoms with Crippen LogP contribution in [-0.4, -0.2) is 65.3 Å². The number of allylic oxidation sites excluding steroid dienone is 2. The van der Waals surface area contributed by atoms with Gasteiger partial charge < -0.3 is 4.90 Å². The fourth-order valence-electron chi connectivity index (χ4n) is 3.86. The molecule has 2 saturated heterocycles. The second-order valence-electron chi connectivity index (χ2n) is 6.79. The van der Waals surface area contributed by atoms with Gasteiger partial charge in [-0.2, -0.15) is 0 Å². The first-order valence-electron chi connectivity index (χ1n) is 8.70. The molecule has 3 heterocycles. The molecule has 6 nitrogen and oxygen atoms in total. The van der Waals surface area contributed by atoms with Crippen LogP contribution in [0.1, 0.15) is 22.5 Å². The molecule has 2 atom stereocenters. The second kappa shape index (κ2) is 6.72. The highest BCUT2D eigenvalue weighted by molar-refractivity contribution is 7.12. The minimum Gasteiger partial charge on any atom is -0.335 e. The average Bonchev–Trinajstić information content (AvgIpc) is 3.26. The van der Waals surface area contributed by atoms with Gasteiger partial charge in [0, 0.05) is 26.2 Å². The highest BCUT2D eigenvalue weighted by Crippen LogP contribution is 2.35. The van der Waals surface area contributed by atoms with Gasteiger partial charge in [0.15, 0.2) is 0 Å². The van der Waals surface area contributed by atoms with Crippen molar-refractivity contribution in [2.45, 2.75) is 12.8 Å². The molecule has 0 saturated carbocycles. The number of rotatable bonds is 3. The molecule has 2 aliphatic heterocycles. The van der Waals surface area contributed by atoms with Crippen molar-refractivity contribution in [2.24, 2.45) is 11.8 Å². The molecule has 1 aromatic rings. The monoisotopic (exact) mass is 359 g/mol. The number of imide groups is 1. The summed E-state index contributed by atoms with van der Waals surface area (Å²) in [4.78, 5) is 43.6. The molecule has 0 radical (unpaired) electrons.